The van der Waals surface area contributed by atoms with E-state index >= 15 is 0 Å². The van der Waals surface area contributed by atoms with Crippen LogP contribution in [0.4, 0.5) is 17.3 Å². The molecule has 9 nitrogen and oxygen atoms in total. The van der Waals surface area contributed by atoms with Gasteiger partial charge in [-0.3, -0.25) is 4.79 Å². The fourth-order valence-electron chi connectivity index (χ4n) is 3.38. The first-order valence-corrected chi connectivity index (χ1v) is 10.4. The Labute approximate surface area is 179 Å². The molecule has 0 spiro atoms. The van der Waals surface area contributed by atoms with Gasteiger partial charge in [0.15, 0.2) is 5.82 Å². The Bertz CT molecular complexity index is 1290. The average molecular weight is 442 g/mol. The Balaban J connectivity index is 1.56. The van der Waals surface area contributed by atoms with Gasteiger partial charge in [-0.05, 0) is 23.7 Å². The van der Waals surface area contributed by atoms with Gasteiger partial charge in [-0.1, -0.05) is 0 Å². The number of nitrogens with one attached hydrogen (secondary N) is 3. The van der Waals surface area contributed by atoms with Crippen LogP contribution < -0.4 is 16.0 Å². The molecule has 1 aromatic carbocycles. The molecule has 4 heterocycles. The fourth-order valence-corrected chi connectivity index (χ4v) is 4.68. The maximum Gasteiger partial charge on any atom is 0.263 e. The lowest BCUT2D eigenvalue weighted by atomic mass is 10.1. The number of carbonyl (C=O) groups excluding carboxylic acids is 1. The molecule has 1 aliphatic heterocycles. The molecule has 0 atom stereocenters. The van der Waals surface area contributed by atoms with Crippen molar-refractivity contribution in [3.05, 3.63) is 40.3 Å². The summed E-state index contributed by atoms with van der Waals surface area (Å²) < 4.78 is 6.09. The van der Waals surface area contributed by atoms with E-state index in [0.29, 0.717) is 47.4 Å². The highest BCUT2D eigenvalue weighted by Gasteiger charge is 2.22. The summed E-state index contributed by atoms with van der Waals surface area (Å²) in [7, 11) is 1.59. The van der Waals surface area contributed by atoms with E-state index in [1.54, 1.807) is 19.4 Å². The van der Waals surface area contributed by atoms with E-state index in [1.165, 1.54) is 11.3 Å². The highest BCUT2D eigenvalue weighted by molar-refractivity contribution is 7.21. The minimum absolute atomic E-state index is 0.0666. The van der Waals surface area contributed by atoms with Crippen molar-refractivity contribution >= 4 is 67.3 Å². The number of amides is 1. The molecule has 1 amide bonds. The number of halogens is 1. The van der Waals surface area contributed by atoms with E-state index in [0.717, 1.165) is 21.3 Å². The number of anilines is 3. The second-order valence-electron chi connectivity index (χ2n) is 6.62. The summed E-state index contributed by atoms with van der Waals surface area (Å²) in [5, 5.41) is 10.4. The Hall–Kier alpha value is -3.08. The van der Waals surface area contributed by atoms with Crippen LogP contribution in [0.25, 0.3) is 21.1 Å². The van der Waals surface area contributed by atoms with Gasteiger partial charge in [0.2, 0.25) is 5.28 Å². The summed E-state index contributed by atoms with van der Waals surface area (Å²) in [6, 6.07) is 5.60. The zero-order valence-electron chi connectivity index (χ0n) is 15.8. The quantitative estimate of drug-likeness (QED) is 0.413. The standard InChI is InChI=1S/C19H16ClN7O2S/c1-29-8-9-6-12(27-19(20)24-9)26-13-7-23-15-10(25-13)2-3-11-14(15)16-17(30-11)18(28)22-5-4-21-16/h2-3,6-7,21H,4-5,8H2,1H3,(H,22,28)(H,24,25,26,27). The molecule has 4 aromatic rings. The van der Waals surface area contributed by atoms with Crippen molar-refractivity contribution in [3.8, 4) is 0 Å². The lowest BCUT2D eigenvalue weighted by Gasteiger charge is -2.09. The lowest BCUT2D eigenvalue weighted by Crippen LogP contribution is -2.24. The highest BCUT2D eigenvalue weighted by Crippen LogP contribution is 2.40. The Morgan fingerprint density at radius 1 is 1.20 bits per heavy atom. The van der Waals surface area contributed by atoms with Crippen molar-refractivity contribution in [1.29, 1.82) is 0 Å². The molecule has 0 bridgehead atoms. The maximum atomic E-state index is 12.4. The number of methoxy groups -OCH3 is 1. The number of hydrogen-bond donors (Lipinski definition) is 3. The van der Waals surface area contributed by atoms with Crippen LogP contribution in [-0.2, 0) is 11.3 Å². The van der Waals surface area contributed by atoms with Gasteiger partial charge < -0.3 is 20.7 Å². The SMILES string of the molecule is COCc1cc(Nc2cnc3c(ccc4sc5c(c43)NCCNC5=O)n2)nc(Cl)n1. The van der Waals surface area contributed by atoms with Crippen molar-refractivity contribution in [2.24, 2.45) is 0 Å². The first-order chi connectivity index (χ1) is 14.6. The monoisotopic (exact) mass is 441 g/mol. The van der Waals surface area contributed by atoms with Gasteiger partial charge in [0.05, 0.1) is 35.2 Å². The predicted octanol–water partition coefficient (Wildman–Crippen LogP) is 3.33. The van der Waals surface area contributed by atoms with E-state index in [1.807, 2.05) is 12.1 Å². The second kappa shape index (κ2) is 7.63. The van der Waals surface area contributed by atoms with Crippen molar-refractivity contribution in [2.75, 3.05) is 30.8 Å². The smallest absolute Gasteiger partial charge is 0.263 e. The molecule has 30 heavy (non-hydrogen) atoms. The summed E-state index contributed by atoms with van der Waals surface area (Å²) in [5.74, 6) is 0.953. The number of carbonyl (C=O) groups is 1. The van der Waals surface area contributed by atoms with E-state index in [9.17, 15) is 4.79 Å². The van der Waals surface area contributed by atoms with Crippen LogP contribution in [0.2, 0.25) is 5.28 Å². The topological polar surface area (TPSA) is 114 Å². The summed E-state index contributed by atoms with van der Waals surface area (Å²) >= 11 is 7.45. The van der Waals surface area contributed by atoms with Gasteiger partial charge in [-0.25, -0.2) is 19.9 Å². The van der Waals surface area contributed by atoms with E-state index in [2.05, 4.69) is 35.9 Å². The van der Waals surface area contributed by atoms with Gasteiger partial charge in [-0.15, -0.1) is 11.3 Å². The lowest BCUT2D eigenvalue weighted by molar-refractivity contribution is 0.0962. The molecule has 5 rings (SSSR count). The van der Waals surface area contributed by atoms with E-state index in [-0.39, 0.29) is 11.2 Å². The van der Waals surface area contributed by atoms with Gasteiger partial charge in [-0.2, -0.15) is 0 Å². The summed E-state index contributed by atoms with van der Waals surface area (Å²) in [5.41, 5.74) is 2.91. The molecule has 3 aromatic heterocycles. The average Bonchev–Trinajstić information content (AvgIpc) is 3.00. The summed E-state index contributed by atoms with van der Waals surface area (Å²) in [6.07, 6.45) is 1.63. The number of rotatable bonds is 4. The largest absolute Gasteiger partial charge is 0.381 e. The third-order valence-electron chi connectivity index (χ3n) is 4.58. The minimum atomic E-state index is -0.0666. The minimum Gasteiger partial charge on any atom is -0.381 e. The molecule has 152 valence electrons. The van der Waals surface area contributed by atoms with Crippen LogP contribution in [-0.4, -0.2) is 46.0 Å². The van der Waals surface area contributed by atoms with Gasteiger partial charge in [0.1, 0.15) is 10.7 Å². The van der Waals surface area contributed by atoms with Gasteiger partial charge >= 0.3 is 0 Å². The van der Waals surface area contributed by atoms with Crippen molar-refractivity contribution in [1.82, 2.24) is 25.3 Å². The fraction of sp³-hybridized carbons (Fsp3) is 0.211. The van der Waals surface area contributed by atoms with Crippen molar-refractivity contribution in [2.45, 2.75) is 6.61 Å². The first-order valence-electron chi connectivity index (χ1n) is 9.16. The molecular formula is C19H16ClN7O2S. The predicted molar refractivity (Wildman–Crippen MR) is 117 cm³/mol. The molecule has 3 N–H and O–H groups in total. The van der Waals surface area contributed by atoms with E-state index in [4.69, 9.17) is 16.3 Å². The molecule has 0 saturated heterocycles. The molecule has 0 saturated carbocycles. The van der Waals surface area contributed by atoms with Crippen molar-refractivity contribution < 1.29 is 9.53 Å². The van der Waals surface area contributed by atoms with Gasteiger partial charge in [0.25, 0.3) is 5.91 Å². The molecule has 0 unspecified atom stereocenters. The number of fused-ring (bicyclic) bond motifs is 5. The normalized spacial score (nSPS) is 13.6. The number of aromatic nitrogens is 4. The molecule has 0 fully saturated rings. The first kappa shape index (κ1) is 18.9. The van der Waals surface area contributed by atoms with Gasteiger partial charge in [0, 0.05) is 36.4 Å². The van der Waals surface area contributed by atoms with Crippen LogP contribution >= 0.6 is 22.9 Å². The molecular weight excluding hydrogens is 426 g/mol. The molecule has 1 aliphatic rings. The molecule has 0 aliphatic carbocycles. The summed E-state index contributed by atoms with van der Waals surface area (Å²) in [4.78, 5) is 30.6. The summed E-state index contributed by atoms with van der Waals surface area (Å²) in [6.45, 7) is 1.56. The third kappa shape index (κ3) is 3.38. The second-order valence-corrected chi connectivity index (χ2v) is 8.01. The molecule has 11 heteroatoms. The number of hydrogen-bond acceptors (Lipinski definition) is 9. The Morgan fingerprint density at radius 2 is 2.07 bits per heavy atom. The van der Waals surface area contributed by atoms with Crippen LogP contribution in [0.1, 0.15) is 15.4 Å². The molecule has 0 radical (unpaired) electrons. The Morgan fingerprint density at radius 3 is 2.93 bits per heavy atom. The number of benzene rings is 1. The van der Waals surface area contributed by atoms with Crippen LogP contribution in [0.5, 0.6) is 0 Å². The Kier molecular flexibility index (Phi) is 4.81. The van der Waals surface area contributed by atoms with Crippen molar-refractivity contribution in [3.63, 3.8) is 0 Å². The maximum absolute atomic E-state index is 12.4. The number of ether oxygens (including phenoxy) is 1. The van der Waals surface area contributed by atoms with E-state index < -0.39 is 0 Å². The third-order valence-corrected chi connectivity index (χ3v) is 5.91. The van der Waals surface area contributed by atoms with Crippen LogP contribution in [0.3, 0.4) is 0 Å². The highest BCUT2D eigenvalue weighted by atomic mass is 35.5. The van der Waals surface area contributed by atoms with Crippen LogP contribution in [0.15, 0.2) is 24.4 Å². The number of thiophene rings is 1. The zero-order valence-corrected chi connectivity index (χ0v) is 17.4. The van der Waals surface area contributed by atoms with Crippen LogP contribution in [0, 0.1) is 0 Å². The zero-order chi connectivity index (χ0) is 20.7. The number of nitrogens with zero attached hydrogens (tertiary/aromatic N) is 4.